The molecule has 0 fully saturated rings. The number of rotatable bonds is 10. The second kappa shape index (κ2) is 10.3. The first-order valence-electron chi connectivity index (χ1n) is 8.09. The maximum absolute atomic E-state index is 11.3. The molecule has 1 aromatic carbocycles. The molecular weight excluding hydrogens is 340 g/mol. The monoisotopic (exact) mass is 362 g/mol. The molecule has 6 heteroatoms. The summed E-state index contributed by atoms with van der Waals surface area (Å²) in [5.74, 6) is 0.233. The Morgan fingerprint density at radius 2 is 1.88 bits per heavy atom. The molecule has 4 nitrogen and oxygen atoms in total. The lowest BCUT2D eigenvalue weighted by Gasteiger charge is -2.01. The minimum atomic E-state index is -0.483. The molecule has 0 saturated heterocycles. The minimum Gasteiger partial charge on any atom is -0.353 e. The lowest BCUT2D eigenvalue weighted by atomic mass is 10.1. The first-order valence-corrected chi connectivity index (χ1v) is 9.96. The van der Waals surface area contributed by atoms with Crippen LogP contribution in [0.5, 0.6) is 0 Å². The zero-order valence-corrected chi connectivity index (χ0v) is 15.4. The fourth-order valence-electron chi connectivity index (χ4n) is 2.22. The Bertz CT molecular complexity index is 656. The third-order valence-electron chi connectivity index (χ3n) is 3.56. The molecule has 1 heterocycles. The molecule has 24 heavy (non-hydrogen) atoms. The summed E-state index contributed by atoms with van der Waals surface area (Å²) in [5, 5.41) is 4.46. The van der Waals surface area contributed by atoms with Gasteiger partial charge < -0.3 is 5.32 Å². The molecule has 0 unspecified atom stereocenters. The quantitative estimate of drug-likeness (QED) is 0.391. The summed E-state index contributed by atoms with van der Waals surface area (Å²) >= 11 is 3.47. The number of ketones is 1. The Morgan fingerprint density at radius 1 is 1.12 bits per heavy atom. The van der Waals surface area contributed by atoms with E-state index in [1.807, 2.05) is 18.2 Å². The van der Waals surface area contributed by atoms with Gasteiger partial charge in [-0.2, -0.15) is 0 Å². The van der Waals surface area contributed by atoms with Crippen LogP contribution >= 0.6 is 23.1 Å². The van der Waals surface area contributed by atoms with E-state index in [2.05, 4.69) is 27.8 Å². The van der Waals surface area contributed by atoms with Gasteiger partial charge >= 0.3 is 0 Å². The highest BCUT2D eigenvalue weighted by molar-refractivity contribution is 8.01. The molecule has 2 rings (SSSR count). The van der Waals surface area contributed by atoms with Gasteiger partial charge in [0.1, 0.15) is 0 Å². The lowest BCUT2D eigenvalue weighted by molar-refractivity contribution is -0.137. The number of Topliss-reactive ketones (excluding diaryl/α,β-unsaturated/α-hetero) is 1. The number of nitrogens with zero attached hydrogens (tertiary/aromatic N) is 1. The van der Waals surface area contributed by atoms with Crippen LogP contribution in [0.25, 0.3) is 11.3 Å². The molecule has 0 aliphatic heterocycles. The van der Waals surface area contributed by atoms with Gasteiger partial charge in [-0.15, -0.1) is 11.3 Å². The fraction of sp³-hybridized carbons (Fsp3) is 0.389. The number of benzene rings is 1. The van der Waals surface area contributed by atoms with Gasteiger partial charge in [-0.05, 0) is 12.8 Å². The van der Waals surface area contributed by atoms with E-state index in [4.69, 9.17) is 0 Å². The summed E-state index contributed by atoms with van der Waals surface area (Å²) in [6, 6.07) is 10.2. The van der Waals surface area contributed by atoms with Crippen LogP contribution in [0, 0.1) is 0 Å². The molecule has 0 atom stereocenters. The summed E-state index contributed by atoms with van der Waals surface area (Å²) in [6.07, 6.45) is 4.28. The van der Waals surface area contributed by atoms with Crippen molar-refractivity contribution in [2.24, 2.45) is 0 Å². The largest absolute Gasteiger partial charge is 0.353 e. The number of hydrogen-bond donors (Lipinski definition) is 1. The molecule has 0 saturated carbocycles. The van der Waals surface area contributed by atoms with Gasteiger partial charge in [0.2, 0.25) is 5.78 Å². The van der Waals surface area contributed by atoms with Gasteiger partial charge in [0.05, 0.1) is 5.69 Å². The zero-order valence-electron chi connectivity index (χ0n) is 13.8. The number of unbranched alkanes of at least 4 members (excludes halogenated alkanes) is 3. The van der Waals surface area contributed by atoms with E-state index in [9.17, 15) is 9.59 Å². The standard InChI is InChI=1S/C18H22N2O2S2/c1-19-17(22)16(21)11-7-2-3-8-12-23-18-20-15(13-24-18)14-9-5-4-6-10-14/h4-6,9-10,13H,2-3,7-8,11-12H2,1H3,(H,19,22). The van der Waals surface area contributed by atoms with E-state index in [1.165, 1.54) is 7.05 Å². The predicted octanol–water partition coefficient (Wildman–Crippen LogP) is 4.17. The highest BCUT2D eigenvalue weighted by atomic mass is 32.2. The van der Waals surface area contributed by atoms with Crippen molar-refractivity contribution in [3.8, 4) is 11.3 Å². The molecule has 1 N–H and O–H groups in total. The number of nitrogens with one attached hydrogen (secondary N) is 1. The highest BCUT2D eigenvalue weighted by Crippen LogP contribution is 2.28. The van der Waals surface area contributed by atoms with Gasteiger partial charge in [0.15, 0.2) is 4.34 Å². The number of carbonyl (C=O) groups is 2. The van der Waals surface area contributed by atoms with Crippen LogP contribution in [0.2, 0.25) is 0 Å². The second-order valence-electron chi connectivity index (χ2n) is 5.38. The summed E-state index contributed by atoms with van der Waals surface area (Å²) in [4.78, 5) is 27.1. The average molecular weight is 363 g/mol. The third kappa shape index (κ3) is 6.09. The molecule has 0 radical (unpaired) electrons. The number of hydrogen-bond acceptors (Lipinski definition) is 5. The fourth-order valence-corrected chi connectivity index (χ4v) is 4.12. The SMILES string of the molecule is CNC(=O)C(=O)CCCCCCSc1nc(-c2ccccc2)cs1. The zero-order chi connectivity index (χ0) is 17.2. The number of aromatic nitrogens is 1. The van der Waals surface area contributed by atoms with E-state index in [-0.39, 0.29) is 5.78 Å². The van der Waals surface area contributed by atoms with Crippen molar-refractivity contribution in [2.45, 2.75) is 36.4 Å². The maximum atomic E-state index is 11.3. The van der Waals surface area contributed by atoms with Crippen molar-refractivity contribution in [2.75, 3.05) is 12.8 Å². The smallest absolute Gasteiger partial charge is 0.287 e. The average Bonchev–Trinajstić information content (AvgIpc) is 3.09. The molecule has 0 aliphatic carbocycles. The summed E-state index contributed by atoms with van der Waals surface area (Å²) < 4.78 is 1.10. The molecule has 2 aromatic rings. The van der Waals surface area contributed by atoms with Crippen LogP contribution in [-0.4, -0.2) is 29.5 Å². The van der Waals surface area contributed by atoms with Crippen molar-refractivity contribution in [1.82, 2.24) is 10.3 Å². The highest BCUT2D eigenvalue weighted by Gasteiger charge is 2.10. The van der Waals surface area contributed by atoms with Crippen molar-refractivity contribution in [1.29, 1.82) is 0 Å². The first-order chi connectivity index (χ1) is 11.7. The third-order valence-corrected chi connectivity index (χ3v) is 5.66. The van der Waals surface area contributed by atoms with Crippen molar-refractivity contribution >= 4 is 34.8 Å². The maximum Gasteiger partial charge on any atom is 0.287 e. The lowest BCUT2D eigenvalue weighted by Crippen LogP contribution is -2.27. The molecule has 1 amide bonds. The van der Waals surface area contributed by atoms with Crippen molar-refractivity contribution in [3.63, 3.8) is 0 Å². The Labute approximate surface area is 151 Å². The van der Waals surface area contributed by atoms with E-state index in [0.29, 0.717) is 6.42 Å². The number of thioether (sulfide) groups is 1. The van der Waals surface area contributed by atoms with Crippen LogP contribution in [0.1, 0.15) is 32.1 Å². The molecule has 0 bridgehead atoms. The van der Waals surface area contributed by atoms with Gasteiger partial charge in [-0.25, -0.2) is 4.98 Å². The van der Waals surface area contributed by atoms with E-state index >= 15 is 0 Å². The van der Waals surface area contributed by atoms with Gasteiger partial charge in [-0.3, -0.25) is 9.59 Å². The van der Waals surface area contributed by atoms with E-state index < -0.39 is 5.91 Å². The Kier molecular flexibility index (Phi) is 7.98. The topological polar surface area (TPSA) is 59.1 Å². The van der Waals surface area contributed by atoms with Crippen LogP contribution in [0.4, 0.5) is 0 Å². The van der Waals surface area contributed by atoms with Gasteiger partial charge in [-0.1, -0.05) is 54.9 Å². The van der Waals surface area contributed by atoms with Crippen LogP contribution in [0.15, 0.2) is 40.1 Å². The molecule has 128 valence electrons. The summed E-state index contributed by atoms with van der Waals surface area (Å²) in [7, 11) is 1.49. The van der Waals surface area contributed by atoms with Gasteiger partial charge in [0.25, 0.3) is 5.91 Å². The molecule has 1 aromatic heterocycles. The second-order valence-corrected chi connectivity index (χ2v) is 7.58. The normalized spacial score (nSPS) is 10.5. The Balaban J connectivity index is 1.59. The van der Waals surface area contributed by atoms with Gasteiger partial charge in [0, 0.05) is 30.2 Å². The Hall–Kier alpha value is -1.66. The summed E-state index contributed by atoms with van der Waals surface area (Å²) in [6.45, 7) is 0. The van der Waals surface area contributed by atoms with Crippen molar-refractivity contribution in [3.05, 3.63) is 35.7 Å². The van der Waals surface area contributed by atoms with Crippen LogP contribution in [0.3, 0.4) is 0 Å². The number of likely N-dealkylation sites (N-methyl/N-ethyl adjacent to an activating group) is 1. The van der Waals surface area contributed by atoms with E-state index in [1.54, 1.807) is 23.1 Å². The number of carbonyl (C=O) groups excluding carboxylic acids is 2. The van der Waals surface area contributed by atoms with Crippen LogP contribution < -0.4 is 5.32 Å². The summed E-state index contributed by atoms with van der Waals surface area (Å²) in [5.41, 5.74) is 2.19. The van der Waals surface area contributed by atoms with Crippen LogP contribution in [-0.2, 0) is 9.59 Å². The molecular formula is C18H22N2O2S2. The molecule has 0 aliphatic rings. The van der Waals surface area contributed by atoms with E-state index in [0.717, 1.165) is 47.0 Å². The minimum absolute atomic E-state index is 0.317. The predicted molar refractivity (Wildman–Crippen MR) is 100 cm³/mol. The van der Waals surface area contributed by atoms with Crippen molar-refractivity contribution < 1.29 is 9.59 Å². The first kappa shape index (κ1) is 18.7. The Morgan fingerprint density at radius 3 is 2.62 bits per heavy atom. The molecule has 0 spiro atoms. The number of amides is 1. The number of thiazole rings is 1.